The first-order valence-electron chi connectivity index (χ1n) is 2.88. The Kier molecular flexibility index (Phi) is 1.87. The van der Waals surface area contributed by atoms with Gasteiger partial charge in [-0.25, -0.2) is 4.98 Å². The molecule has 56 valence electrons. The maximum absolute atomic E-state index is 8.52. The molecular formula is C6H6N4S. The number of hydrogen-bond donors (Lipinski definition) is 1. The Bertz CT molecular complexity index is 373. The van der Waals surface area contributed by atoms with Gasteiger partial charge in [-0.3, -0.25) is 0 Å². The smallest absolute Gasteiger partial charge is 0.200 e. The molecule has 0 aliphatic carbocycles. The molecule has 0 radical (unpaired) electrons. The third kappa shape index (κ3) is 1.21. The van der Waals surface area contributed by atoms with E-state index >= 15 is 0 Å². The molecule has 0 saturated carbocycles. The van der Waals surface area contributed by atoms with Crippen LogP contribution < -0.4 is 5.73 Å². The minimum atomic E-state index is 0.348. The maximum Gasteiger partial charge on any atom is 0.200 e. The van der Waals surface area contributed by atoms with Crippen molar-refractivity contribution in [3.05, 3.63) is 16.5 Å². The number of nitrogens with zero attached hydrogens (tertiary/aromatic N) is 3. The van der Waals surface area contributed by atoms with Crippen LogP contribution in [0.3, 0.4) is 0 Å². The van der Waals surface area contributed by atoms with E-state index in [4.69, 9.17) is 23.2 Å². The van der Waals surface area contributed by atoms with Gasteiger partial charge in [0.05, 0.1) is 6.20 Å². The van der Waals surface area contributed by atoms with Crippen LogP contribution in [0.15, 0.2) is 6.20 Å². The zero-order valence-electron chi connectivity index (χ0n) is 5.90. The number of rotatable bonds is 0. The molecule has 0 bridgehead atoms. The number of nitrogens with two attached hydrogens (primary N) is 1. The molecule has 0 spiro atoms. The third-order valence-electron chi connectivity index (χ3n) is 1.35. The van der Waals surface area contributed by atoms with Crippen LogP contribution in [0, 0.1) is 16.1 Å². The van der Waals surface area contributed by atoms with Crippen LogP contribution in [0.1, 0.15) is 5.56 Å². The second-order valence-corrected chi connectivity index (χ2v) is 2.38. The molecule has 2 N–H and O–H groups in total. The van der Waals surface area contributed by atoms with E-state index in [0.29, 0.717) is 16.2 Å². The summed E-state index contributed by atoms with van der Waals surface area (Å²) in [6.45, 7) is 0. The highest BCUT2D eigenvalue weighted by Gasteiger charge is 2.00. The quantitative estimate of drug-likeness (QED) is 0.573. The van der Waals surface area contributed by atoms with Crippen molar-refractivity contribution in [2.45, 2.75) is 0 Å². The molecule has 1 aromatic heterocycles. The van der Waals surface area contributed by atoms with Crippen LogP contribution in [0.2, 0.25) is 0 Å². The summed E-state index contributed by atoms with van der Waals surface area (Å²) >= 11 is 4.81. The monoisotopic (exact) mass is 166 g/mol. The minimum Gasteiger partial charge on any atom is -0.384 e. The van der Waals surface area contributed by atoms with Crippen LogP contribution in [-0.4, -0.2) is 9.55 Å². The number of nitriles is 1. The molecule has 1 heterocycles. The topological polar surface area (TPSA) is 67.6 Å². The fourth-order valence-electron chi connectivity index (χ4n) is 0.642. The van der Waals surface area contributed by atoms with Gasteiger partial charge >= 0.3 is 0 Å². The first kappa shape index (κ1) is 7.69. The zero-order valence-corrected chi connectivity index (χ0v) is 6.72. The Morgan fingerprint density at radius 2 is 2.45 bits per heavy atom. The second kappa shape index (κ2) is 2.68. The first-order chi connectivity index (χ1) is 5.16. The first-order valence-corrected chi connectivity index (χ1v) is 3.29. The normalized spacial score (nSPS) is 9.09. The van der Waals surface area contributed by atoms with Gasteiger partial charge in [-0.2, -0.15) is 5.26 Å². The summed E-state index contributed by atoms with van der Waals surface area (Å²) in [4.78, 5) is 3.79. The van der Waals surface area contributed by atoms with E-state index < -0.39 is 0 Å². The van der Waals surface area contributed by atoms with Crippen LogP contribution in [-0.2, 0) is 7.05 Å². The zero-order chi connectivity index (χ0) is 8.43. The van der Waals surface area contributed by atoms with E-state index in [9.17, 15) is 0 Å². The Balaban J connectivity index is 3.52. The standard InChI is InChI=1S/C6H6N4S/c1-10-5(8)4(2-7)3-9-6(10)11/h3H,8H2,1H3. The number of hydrogen-bond acceptors (Lipinski definition) is 4. The molecule has 1 rings (SSSR count). The lowest BCUT2D eigenvalue weighted by atomic mass is 10.3. The van der Waals surface area contributed by atoms with Gasteiger partial charge in [0, 0.05) is 7.05 Å². The van der Waals surface area contributed by atoms with Crippen molar-refractivity contribution in [2.24, 2.45) is 7.05 Å². The molecule has 0 unspecified atom stereocenters. The van der Waals surface area contributed by atoms with E-state index in [2.05, 4.69) is 4.98 Å². The van der Waals surface area contributed by atoms with E-state index in [1.807, 2.05) is 6.07 Å². The van der Waals surface area contributed by atoms with Crippen LogP contribution in [0.4, 0.5) is 5.82 Å². The molecular weight excluding hydrogens is 160 g/mol. The van der Waals surface area contributed by atoms with Gasteiger partial charge in [-0.15, -0.1) is 0 Å². The van der Waals surface area contributed by atoms with Crippen molar-refractivity contribution >= 4 is 18.0 Å². The lowest BCUT2D eigenvalue weighted by Crippen LogP contribution is -2.05. The van der Waals surface area contributed by atoms with Crippen molar-refractivity contribution in [2.75, 3.05) is 5.73 Å². The van der Waals surface area contributed by atoms with E-state index in [-0.39, 0.29) is 0 Å². The fraction of sp³-hybridized carbons (Fsp3) is 0.167. The van der Waals surface area contributed by atoms with Crippen molar-refractivity contribution in [1.82, 2.24) is 9.55 Å². The van der Waals surface area contributed by atoms with E-state index in [1.54, 1.807) is 7.05 Å². The summed E-state index contributed by atoms with van der Waals surface area (Å²) in [5.41, 5.74) is 5.88. The predicted octanol–water partition coefficient (Wildman–Crippen LogP) is 0.603. The van der Waals surface area contributed by atoms with Crippen LogP contribution in [0.25, 0.3) is 0 Å². The van der Waals surface area contributed by atoms with Crippen molar-refractivity contribution in [3.8, 4) is 6.07 Å². The summed E-state index contributed by atoms with van der Waals surface area (Å²) < 4.78 is 1.87. The van der Waals surface area contributed by atoms with E-state index in [1.165, 1.54) is 10.8 Å². The predicted molar refractivity (Wildman–Crippen MR) is 43.2 cm³/mol. The summed E-state index contributed by atoms with van der Waals surface area (Å²) in [6, 6.07) is 1.91. The maximum atomic E-state index is 8.52. The fourth-order valence-corrected chi connectivity index (χ4v) is 0.793. The Morgan fingerprint density at radius 3 is 3.00 bits per heavy atom. The second-order valence-electron chi connectivity index (χ2n) is 2.01. The van der Waals surface area contributed by atoms with Gasteiger partial charge < -0.3 is 10.3 Å². The van der Waals surface area contributed by atoms with Crippen LogP contribution in [0.5, 0.6) is 0 Å². The third-order valence-corrected chi connectivity index (χ3v) is 1.73. The van der Waals surface area contributed by atoms with Gasteiger partial charge in [-0.1, -0.05) is 0 Å². The lowest BCUT2D eigenvalue weighted by Gasteiger charge is -2.02. The van der Waals surface area contributed by atoms with Crippen LogP contribution >= 0.6 is 12.2 Å². The molecule has 11 heavy (non-hydrogen) atoms. The average molecular weight is 166 g/mol. The number of aromatic nitrogens is 2. The molecule has 0 atom stereocenters. The van der Waals surface area contributed by atoms with Gasteiger partial charge in [0.2, 0.25) is 4.77 Å². The Labute approximate surface area is 68.9 Å². The van der Waals surface area contributed by atoms with Crippen molar-refractivity contribution in [1.29, 1.82) is 5.26 Å². The Morgan fingerprint density at radius 1 is 1.82 bits per heavy atom. The highest BCUT2D eigenvalue weighted by molar-refractivity contribution is 7.71. The highest BCUT2D eigenvalue weighted by atomic mass is 32.1. The number of anilines is 1. The van der Waals surface area contributed by atoms with Gasteiger partial charge in [-0.05, 0) is 12.2 Å². The summed E-state index contributed by atoms with van der Waals surface area (Å²) in [5, 5.41) is 8.52. The molecule has 0 amide bonds. The summed E-state index contributed by atoms with van der Waals surface area (Å²) in [7, 11) is 1.67. The SMILES string of the molecule is Cn1c(N)c(C#N)cnc1=S. The largest absolute Gasteiger partial charge is 0.384 e. The molecule has 5 heteroatoms. The van der Waals surface area contributed by atoms with Gasteiger partial charge in [0.25, 0.3) is 0 Å². The summed E-state index contributed by atoms with van der Waals surface area (Å²) in [6.07, 6.45) is 1.37. The van der Waals surface area contributed by atoms with Gasteiger partial charge in [0.15, 0.2) is 0 Å². The summed E-state index contributed by atoms with van der Waals surface area (Å²) in [5.74, 6) is 0.354. The molecule has 1 aromatic rings. The molecule has 0 aromatic carbocycles. The van der Waals surface area contributed by atoms with Crippen molar-refractivity contribution in [3.63, 3.8) is 0 Å². The van der Waals surface area contributed by atoms with Crippen molar-refractivity contribution < 1.29 is 0 Å². The molecule has 0 aliphatic heterocycles. The molecule has 4 nitrogen and oxygen atoms in total. The molecule has 0 fully saturated rings. The average Bonchev–Trinajstić information content (AvgIpc) is 2.01. The molecule has 0 aliphatic rings. The highest BCUT2D eigenvalue weighted by Crippen LogP contribution is 2.06. The number of nitrogen functional groups attached to an aromatic ring is 1. The van der Waals surface area contributed by atoms with E-state index in [0.717, 1.165) is 0 Å². The minimum absolute atomic E-state index is 0.348. The Hall–Kier alpha value is -1.41. The lowest BCUT2D eigenvalue weighted by molar-refractivity contribution is 0.853. The molecule has 0 saturated heterocycles. The van der Waals surface area contributed by atoms with Gasteiger partial charge in [0.1, 0.15) is 17.5 Å².